The average Bonchev–Trinajstić information content (AvgIpc) is 3.13. The second-order valence-corrected chi connectivity index (χ2v) is 7.37. The normalized spacial score (nSPS) is 19.5. The highest BCUT2D eigenvalue weighted by Crippen LogP contribution is 2.30. The number of urea groups is 1. The lowest BCUT2D eigenvalue weighted by atomic mass is 9.92. The molecule has 0 unspecified atom stereocenters. The number of thiophene rings is 1. The summed E-state index contributed by atoms with van der Waals surface area (Å²) in [6.07, 6.45) is 0. The van der Waals surface area contributed by atoms with Crippen LogP contribution in [0.1, 0.15) is 27.0 Å². The number of rotatable bonds is 5. The first-order valence-corrected chi connectivity index (χ1v) is 8.52. The van der Waals surface area contributed by atoms with Crippen molar-refractivity contribution < 1.29 is 19.3 Å². The van der Waals surface area contributed by atoms with E-state index >= 15 is 0 Å². The topological polar surface area (TPSA) is 110 Å². The number of nitro groups is 1. The molecule has 9 heteroatoms. The maximum atomic E-state index is 12.8. The SMILES string of the molecule is Cc1ccc(C(=O)CN2C(=O)N[C@](C)(c3ccc([N+](=O)[O-])cc3)C2=O)s1. The Hall–Kier alpha value is -3.07. The maximum Gasteiger partial charge on any atom is 0.325 e. The molecule has 3 rings (SSSR count). The van der Waals surface area contributed by atoms with E-state index in [1.807, 2.05) is 6.92 Å². The predicted molar refractivity (Wildman–Crippen MR) is 94.1 cm³/mol. The molecule has 1 aromatic heterocycles. The lowest BCUT2D eigenvalue weighted by molar-refractivity contribution is -0.384. The quantitative estimate of drug-likeness (QED) is 0.375. The zero-order valence-corrected chi connectivity index (χ0v) is 14.8. The summed E-state index contributed by atoms with van der Waals surface area (Å²) >= 11 is 1.30. The molecule has 1 fully saturated rings. The monoisotopic (exact) mass is 373 g/mol. The molecule has 0 bridgehead atoms. The Kier molecular flexibility index (Phi) is 4.33. The highest BCUT2D eigenvalue weighted by atomic mass is 32.1. The summed E-state index contributed by atoms with van der Waals surface area (Å²) in [5.41, 5.74) is -1.09. The molecule has 1 saturated heterocycles. The summed E-state index contributed by atoms with van der Waals surface area (Å²) in [6, 6.07) is 8.16. The Bertz CT molecular complexity index is 921. The van der Waals surface area contributed by atoms with Crippen LogP contribution < -0.4 is 5.32 Å². The van der Waals surface area contributed by atoms with Gasteiger partial charge in [-0.25, -0.2) is 4.79 Å². The zero-order valence-electron chi connectivity index (χ0n) is 14.0. The third kappa shape index (κ3) is 2.97. The fraction of sp³-hybridized carbons (Fsp3) is 0.235. The summed E-state index contributed by atoms with van der Waals surface area (Å²) in [7, 11) is 0. The summed E-state index contributed by atoms with van der Waals surface area (Å²) in [5, 5.41) is 13.3. The average molecular weight is 373 g/mol. The number of hydrogen-bond acceptors (Lipinski definition) is 6. The van der Waals surface area contributed by atoms with E-state index < -0.39 is 22.4 Å². The molecule has 134 valence electrons. The van der Waals surface area contributed by atoms with E-state index in [2.05, 4.69) is 5.32 Å². The smallest absolute Gasteiger partial charge is 0.319 e. The number of carbonyl (C=O) groups is 3. The van der Waals surface area contributed by atoms with Gasteiger partial charge in [-0.15, -0.1) is 11.3 Å². The highest BCUT2D eigenvalue weighted by Gasteiger charge is 2.49. The van der Waals surface area contributed by atoms with Gasteiger partial charge in [0.15, 0.2) is 5.78 Å². The van der Waals surface area contributed by atoms with Crippen LogP contribution in [0.5, 0.6) is 0 Å². The van der Waals surface area contributed by atoms with Crippen LogP contribution >= 0.6 is 11.3 Å². The van der Waals surface area contributed by atoms with Gasteiger partial charge in [0, 0.05) is 17.0 Å². The van der Waals surface area contributed by atoms with E-state index in [1.165, 1.54) is 42.5 Å². The van der Waals surface area contributed by atoms with Gasteiger partial charge in [0.05, 0.1) is 16.3 Å². The lowest BCUT2D eigenvalue weighted by Crippen LogP contribution is -2.41. The molecule has 2 heterocycles. The summed E-state index contributed by atoms with van der Waals surface area (Å²) < 4.78 is 0. The molecule has 3 amide bonds. The van der Waals surface area contributed by atoms with Crippen LogP contribution in [0.25, 0.3) is 0 Å². The van der Waals surface area contributed by atoms with Gasteiger partial charge in [-0.05, 0) is 43.7 Å². The first kappa shape index (κ1) is 17.7. The highest BCUT2D eigenvalue weighted by molar-refractivity contribution is 7.14. The minimum Gasteiger partial charge on any atom is -0.319 e. The number of nitrogens with one attached hydrogen (secondary N) is 1. The van der Waals surface area contributed by atoms with E-state index in [0.29, 0.717) is 10.4 Å². The number of nitrogens with zero attached hydrogens (tertiary/aromatic N) is 2. The van der Waals surface area contributed by atoms with Crippen LogP contribution in [0, 0.1) is 17.0 Å². The molecule has 8 nitrogen and oxygen atoms in total. The Morgan fingerprint density at radius 1 is 1.23 bits per heavy atom. The molecular formula is C17H15N3O5S. The van der Waals surface area contributed by atoms with Gasteiger partial charge in [0.2, 0.25) is 0 Å². The van der Waals surface area contributed by atoms with Crippen molar-refractivity contribution in [3.8, 4) is 0 Å². The van der Waals surface area contributed by atoms with Crippen molar-refractivity contribution in [1.29, 1.82) is 0 Å². The van der Waals surface area contributed by atoms with E-state index in [9.17, 15) is 24.5 Å². The van der Waals surface area contributed by atoms with Crippen LogP contribution in [-0.4, -0.2) is 34.1 Å². The Morgan fingerprint density at radius 2 is 1.88 bits per heavy atom. The van der Waals surface area contributed by atoms with Crippen LogP contribution in [-0.2, 0) is 10.3 Å². The third-order valence-electron chi connectivity index (χ3n) is 4.25. The van der Waals surface area contributed by atoms with Gasteiger partial charge in [-0.1, -0.05) is 0 Å². The van der Waals surface area contributed by atoms with E-state index in [4.69, 9.17) is 0 Å². The summed E-state index contributed by atoms with van der Waals surface area (Å²) in [5.74, 6) is -0.891. The standard InChI is InChI=1S/C17H15N3O5S/c1-10-3-8-14(26-10)13(21)9-19-15(22)17(2,18-16(19)23)11-4-6-12(7-5-11)20(24)25/h3-8H,9H2,1-2H3,(H,18,23)/t17-/m1/s1. The number of aryl methyl sites for hydroxylation is 1. The maximum absolute atomic E-state index is 12.8. The van der Waals surface area contributed by atoms with Crippen molar-refractivity contribution in [2.45, 2.75) is 19.4 Å². The number of amides is 3. The second-order valence-electron chi connectivity index (χ2n) is 6.08. The van der Waals surface area contributed by atoms with Crippen molar-refractivity contribution in [3.05, 3.63) is 61.8 Å². The van der Waals surface area contributed by atoms with E-state index in [-0.39, 0.29) is 18.0 Å². The molecule has 1 aromatic carbocycles. The molecule has 26 heavy (non-hydrogen) atoms. The van der Waals surface area contributed by atoms with Crippen LogP contribution in [0.3, 0.4) is 0 Å². The molecule has 1 atom stereocenters. The minimum atomic E-state index is -1.38. The molecule has 0 spiro atoms. The van der Waals surface area contributed by atoms with Gasteiger partial charge in [-0.3, -0.25) is 24.6 Å². The van der Waals surface area contributed by atoms with E-state index in [0.717, 1.165) is 9.78 Å². The zero-order chi connectivity index (χ0) is 19.1. The van der Waals surface area contributed by atoms with Gasteiger partial charge in [0.25, 0.3) is 11.6 Å². The third-order valence-corrected chi connectivity index (χ3v) is 5.29. The van der Waals surface area contributed by atoms with Crippen molar-refractivity contribution in [2.75, 3.05) is 6.54 Å². The minimum absolute atomic E-state index is 0.116. The molecule has 2 aromatic rings. The Balaban J connectivity index is 1.83. The number of Topliss-reactive ketones (excluding diaryl/α,β-unsaturated/α-hetero) is 1. The largest absolute Gasteiger partial charge is 0.325 e. The number of benzene rings is 1. The number of nitro benzene ring substituents is 1. The number of hydrogen-bond donors (Lipinski definition) is 1. The predicted octanol–water partition coefficient (Wildman–Crippen LogP) is 2.61. The van der Waals surface area contributed by atoms with Crippen LogP contribution in [0.15, 0.2) is 36.4 Å². The number of imide groups is 1. The van der Waals surface area contributed by atoms with Crippen molar-refractivity contribution in [2.24, 2.45) is 0 Å². The Morgan fingerprint density at radius 3 is 2.42 bits per heavy atom. The van der Waals surface area contributed by atoms with Crippen molar-refractivity contribution >= 4 is 34.7 Å². The molecule has 0 saturated carbocycles. The fourth-order valence-corrected chi connectivity index (χ4v) is 3.56. The number of carbonyl (C=O) groups excluding carboxylic acids is 3. The van der Waals surface area contributed by atoms with Crippen molar-refractivity contribution in [1.82, 2.24) is 10.2 Å². The van der Waals surface area contributed by atoms with Gasteiger partial charge < -0.3 is 5.32 Å². The van der Waals surface area contributed by atoms with Crippen LogP contribution in [0.2, 0.25) is 0 Å². The molecule has 1 aliphatic rings. The van der Waals surface area contributed by atoms with E-state index in [1.54, 1.807) is 12.1 Å². The molecule has 0 aliphatic carbocycles. The fourth-order valence-electron chi connectivity index (χ4n) is 2.76. The first-order chi connectivity index (χ1) is 12.2. The summed E-state index contributed by atoms with van der Waals surface area (Å²) in [4.78, 5) is 49.9. The Labute approximate surface area is 152 Å². The van der Waals surface area contributed by atoms with Gasteiger partial charge in [0.1, 0.15) is 5.54 Å². The first-order valence-electron chi connectivity index (χ1n) is 7.71. The van der Waals surface area contributed by atoms with Gasteiger partial charge >= 0.3 is 6.03 Å². The molecule has 1 N–H and O–H groups in total. The number of ketones is 1. The number of non-ortho nitro benzene ring substituents is 1. The van der Waals surface area contributed by atoms with Crippen LogP contribution in [0.4, 0.5) is 10.5 Å². The second kappa shape index (κ2) is 6.34. The molecule has 0 radical (unpaired) electrons. The summed E-state index contributed by atoms with van der Waals surface area (Å²) in [6.45, 7) is 3.02. The van der Waals surface area contributed by atoms with Gasteiger partial charge in [-0.2, -0.15) is 0 Å². The molecular weight excluding hydrogens is 358 g/mol. The van der Waals surface area contributed by atoms with Crippen molar-refractivity contribution in [3.63, 3.8) is 0 Å². The lowest BCUT2D eigenvalue weighted by Gasteiger charge is -2.21. The molecule has 1 aliphatic heterocycles.